The van der Waals surface area contributed by atoms with E-state index in [0.29, 0.717) is 60.2 Å². The number of nitrogens with zero attached hydrogens (tertiary/aromatic N) is 2. The van der Waals surface area contributed by atoms with Gasteiger partial charge in [0.05, 0.1) is 34.9 Å². The number of phenolic OH excluding ortho intramolecular Hbond substituents is 1. The van der Waals surface area contributed by atoms with Crippen LogP contribution in [0.25, 0.3) is 22.0 Å². The maximum atomic E-state index is 12.8. The van der Waals surface area contributed by atoms with Gasteiger partial charge >= 0.3 is 6.09 Å². The van der Waals surface area contributed by atoms with E-state index >= 15 is 0 Å². The van der Waals surface area contributed by atoms with Crippen molar-refractivity contribution < 1.29 is 24.9 Å². The van der Waals surface area contributed by atoms with Gasteiger partial charge in [-0.1, -0.05) is 48.5 Å². The number of fused-ring (bicyclic) bond motifs is 1. The van der Waals surface area contributed by atoms with Crippen molar-refractivity contribution in [3.05, 3.63) is 118 Å². The normalized spacial score (nSPS) is 16.3. The predicted octanol–water partition coefficient (Wildman–Crippen LogP) is 5.83. The molecule has 12 heteroatoms. The molecule has 0 radical (unpaired) electrons. The Labute approximate surface area is 301 Å². The number of aromatic amines is 1. The molecule has 5 aromatic rings. The fourth-order valence-corrected chi connectivity index (χ4v) is 6.89. The predicted molar refractivity (Wildman–Crippen MR) is 201 cm³/mol. The van der Waals surface area contributed by atoms with E-state index in [-0.39, 0.29) is 47.8 Å². The highest BCUT2D eigenvalue weighted by Crippen LogP contribution is 2.36. The monoisotopic (exact) mass is 704 g/mol. The van der Waals surface area contributed by atoms with Gasteiger partial charge < -0.3 is 36.7 Å². The smallest absolute Gasteiger partial charge is 0.412 e. The summed E-state index contributed by atoms with van der Waals surface area (Å²) in [6, 6.07) is 25.2. The Bertz CT molecular complexity index is 2060. The summed E-state index contributed by atoms with van der Waals surface area (Å²) in [6.45, 7) is 0.579. The summed E-state index contributed by atoms with van der Waals surface area (Å²) in [4.78, 5) is 45.7. The number of carboxylic acid groups (broad SMARTS) is 1. The van der Waals surface area contributed by atoms with Crippen molar-refractivity contribution >= 4 is 34.3 Å². The van der Waals surface area contributed by atoms with Gasteiger partial charge in [0.1, 0.15) is 5.75 Å². The highest BCUT2D eigenvalue weighted by Gasteiger charge is 2.30. The Balaban J connectivity index is 1.02. The van der Waals surface area contributed by atoms with E-state index in [1.807, 2.05) is 48.5 Å². The number of nitrogens with one attached hydrogen (secondary N) is 3. The summed E-state index contributed by atoms with van der Waals surface area (Å²) in [5, 5.41) is 37.9. The Hall–Kier alpha value is -5.56. The number of aromatic nitrogens is 2. The number of phenols is 1. The third kappa shape index (κ3) is 8.83. The molecular weight excluding hydrogens is 660 g/mol. The van der Waals surface area contributed by atoms with Crippen molar-refractivity contribution in [2.24, 2.45) is 5.73 Å². The summed E-state index contributed by atoms with van der Waals surface area (Å²) in [5.41, 5.74) is 11.3. The van der Waals surface area contributed by atoms with Crippen LogP contribution in [0.1, 0.15) is 61.4 Å². The zero-order valence-corrected chi connectivity index (χ0v) is 28.8. The number of nitrogens with two attached hydrogens (primary N) is 1. The van der Waals surface area contributed by atoms with E-state index in [2.05, 4.69) is 20.6 Å². The summed E-state index contributed by atoms with van der Waals surface area (Å²) in [5.74, 6) is -0.217. The summed E-state index contributed by atoms with van der Waals surface area (Å²) in [7, 11) is 0. The summed E-state index contributed by atoms with van der Waals surface area (Å²) < 4.78 is 0. The number of anilines is 2. The Morgan fingerprint density at radius 2 is 1.77 bits per heavy atom. The number of aliphatic hydroxyl groups is 1. The van der Waals surface area contributed by atoms with Crippen molar-refractivity contribution in [1.29, 1.82) is 0 Å². The number of hydrogen-bond donors (Lipinski definition) is 7. The molecule has 1 unspecified atom stereocenters. The molecule has 1 aliphatic carbocycles. The van der Waals surface area contributed by atoms with Crippen molar-refractivity contribution in [3.8, 4) is 16.9 Å². The molecule has 0 saturated heterocycles. The Morgan fingerprint density at radius 3 is 2.50 bits per heavy atom. The molecule has 2 aromatic heterocycles. The number of pyridine rings is 2. The van der Waals surface area contributed by atoms with Crippen LogP contribution in [0.15, 0.2) is 95.9 Å². The average Bonchev–Trinajstić information content (AvgIpc) is 3.14. The first kappa shape index (κ1) is 36.2. The largest absolute Gasteiger partial charge is 0.506 e. The van der Waals surface area contributed by atoms with E-state index in [9.17, 15) is 29.7 Å². The highest BCUT2D eigenvalue weighted by molar-refractivity contribution is 5.94. The number of carbonyl (C=O) groups excluding carboxylic acids is 1. The lowest BCUT2D eigenvalue weighted by molar-refractivity contribution is -0.116. The van der Waals surface area contributed by atoms with Crippen molar-refractivity contribution in [2.45, 2.75) is 69.7 Å². The van der Waals surface area contributed by atoms with Gasteiger partial charge in [-0.2, -0.15) is 0 Å². The second kappa shape index (κ2) is 16.6. The van der Waals surface area contributed by atoms with Gasteiger partial charge in [-0.05, 0) is 85.5 Å². The number of amides is 2. The second-order valence-electron chi connectivity index (χ2n) is 13.3. The van der Waals surface area contributed by atoms with E-state index in [4.69, 9.17) is 5.73 Å². The molecule has 12 nitrogen and oxygen atoms in total. The fraction of sp³-hybridized carbons (Fsp3) is 0.300. The number of aliphatic hydroxyl groups excluding tert-OH is 1. The third-order valence-electron chi connectivity index (χ3n) is 9.61. The zero-order chi connectivity index (χ0) is 36.6. The van der Waals surface area contributed by atoms with Gasteiger partial charge in [0.15, 0.2) is 0 Å². The van der Waals surface area contributed by atoms with E-state index in [1.54, 1.807) is 30.5 Å². The molecule has 0 spiro atoms. The molecule has 52 heavy (non-hydrogen) atoms. The minimum Gasteiger partial charge on any atom is -0.506 e. The maximum Gasteiger partial charge on any atom is 0.412 e. The SMILES string of the molecule is N[C@H]1CC[C@H](N(C(=O)O)c2cc(CCCC(=O)Nc3ccc(CNCC(O)c4ccc(O)c5[nH]c(=O)ccc45)nc3)ccc2-c2ccccc2)CC1. The molecule has 0 bridgehead atoms. The molecule has 1 fully saturated rings. The van der Waals surface area contributed by atoms with Crippen molar-refractivity contribution in [1.82, 2.24) is 15.3 Å². The van der Waals surface area contributed by atoms with Gasteiger partial charge in [-0.3, -0.25) is 19.5 Å². The van der Waals surface area contributed by atoms with Gasteiger partial charge in [0.25, 0.3) is 0 Å². The van der Waals surface area contributed by atoms with Crippen molar-refractivity contribution in [2.75, 3.05) is 16.8 Å². The van der Waals surface area contributed by atoms with Crippen LogP contribution in [0, 0.1) is 0 Å². The second-order valence-corrected chi connectivity index (χ2v) is 13.3. The van der Waals surface area contributed by atoms with Crippen LogP contribution in [0.3, 0.4) is 0 Å². The van der Waals surface area contributed by atoms with Gasteiger partial charge in [-0.15, -0.1) is 0 Å². The molecule has 3 aromatic carbocycles. The summed E-state index contributed by atoms with van der Waals surface area (Å²) >= 11 is 0. The molecule has 6 rings (SSSR count). The number of aromatic hydroxyl groups is 1. The quantitative estimate of drug-likeness (QED) is 0.0789. The lowest BCUT2D eigenvalue weighted by Gasteiger charge is -2.35. The molecule has 1 aliphatic rings. The number of benzene rings is 3. The lowest BCUT2D eigenvalue weighted by Crippen LogP contribution is -2.44. The maximum absolute atomic E-state index is 12.8. The van der Waals surface area contributed by atoms with Gasteiger partial charge in [0, 0.05) is 48.6 Å². The molecule has 0 aliphatic heterocycles. The average molecular weight is 705 g/mol. The number of rotatable bonds is 13. The standard InChI is InChI=1S/C40H44N6O6/c41-27-10-14-30(15-11-27)46(40(51)52)34-21-25(9-16-31(34)26-6-2-1-3-7-26)5-4-8-37(49)44-29-13-12-28(43-23-29)22-42-24-36(48)32-17-19-35(47)39-33(32)18-20-38(50)45-39/h1-3,6-7,9,12-13,16-21,23,27,30,36,42,47-48H,4-5,8,10-11,14-15,22,24,41H2,(H,44,49)(H,45,50)(H,51,52)/t27-,30-,36?. The third-order valence-corrected chi connectivity index (χ3v) is 9.61. The van der Waals surface area contributed by atoms with Gasteiger partial charge in [-0.25, -0.2) is 4.79 Å². The van der Waals surface area contributed by atoms with Crippen molar-refractivity contribution in [3.63, 3.8) is 0 Å². The number of H-pyrrole nitrogens is 1. The lowest BCUT2D eigenvalue weighted by atomic mass is 9.89. The van der Waals surface area contributed by atoms with Crippen LogP contribution in [0.4, 0.5) is 16.2 Å². The van der Waals surface area contributed by atoms with Crippen LogP contribution in [0.5, 0.6) is 5.75 Å². The summed E-state index contributed by atoms with van der Waals surface area (Å²) in [6.07, 6.45) is 4.16. The Kier molecular flexibility index (Phi) is 11.6. The van der Waals surface area contributed by atoms with Crippen LogP contribution in [-0.2, 0) is 17.8 Å². The number of carbonyl (C=O) groups is 2. The van der Waals surface area contributed by atoms with Crippen LogP contribution in [0.2, 0.25) is 0 Å². The fourth-order valence-electron chi connectivity index (χ4n) is 6.89. The van der Waals surface area contributed by atoms with E-state index in [0.717, 1.165) is 29.5 Å². The highest BCUT2D eigenvalue weighted by atomic mass is 16.4. The molecule has 1 saturated carbocycles. The molecule has 8 N–H and O–H groups in total. The van der Waals surface area contributed by atoms with Crippen LogP contribution >= 0.6 is 0 Å². The topological polar surface area (TPSA) is 194 Å². The molecule has 2 heterocycles. The number of aryl methyl sites for hydroxylation is 1. The zero-order valence-electron chi connectivity index (χ0n) is 28.8. The van der Waals surface area contributed by atoms with Gasteiger partial charge in [0.2, 0.25) is 11.5 Å². The molecule has 1 atom stereocenters. The minimum atomic E-state index is -0.982. The minimum absolute atomic E-state index is 0.0685. The molecule has 2 amide bonds. The number of hydrogen-bond acceptors (Lipinski definition) is 8. The van der Waals surface area contributed by atoms with Crippen LogP contribution in [-0.4, -0.2) is 55.9 Å². The van der Waals surface area contributed by atoms with E-state index in [1.165, 1.54) is 17.0 Å². The Morgan fingerprint density at radius 1 is 0.981 bits per heavy atom. The van der Waals surface area contributed by atoms with E-state index < -0.39 is 12.2 Å². The first-order valence-electron chi connectivity index (χ1n) is 17.6. The first-order chi connectivity index (χ1) is 25.2. The molecular formula is C40H44N6O6. The molecule has 270 valence electrons. The van der Waals surface area contributed by atoms with Crippen LogP contribution < -0.4 is 26.8 Å². The first-order valence-corrected chi connectivity index (χ1v) is 17.6.